The average Bonchev–Trinajstić information content (AvgIpc) is 2.65. The van der Waals surface area contributed by atoms with Crippen molar-refractivity contribution in [3.8, 4) is 0 Å². The molecule has 6 heteroatoms. The Morgan fingerprint density at radius 3 is 2.23 bits per heavy atom. The van der Waals surface area contributed by atoms with E-state index in [4.69, 9.17) is 23.2 Å². The number of hydrogen-bond acceptors (Lipinski definition) is 2. The van der Waals surface area contributed by atoms with Gasteiger partial charge >= 0.3 is 0 Å². The van der Waals surface area contributed by atoms with E-state index in [-0.39, 0.29) is 11.8 Å². The van der Waals surface area contributed by atoms with Crippen LogP contribution >= 0.6 is 23.2 Å². The first-order chi connectivity index (χ1) is 14.4. The van der Waals surface area contributed by atoms with Gasteiger partial charge in [0.1, 0.15) is 6.17 Å². The first-order valence-electron chi connectivity index (χ1n) is 11.5. The van der Waals surface area contributed by atoms with Crippen molar-refractivity contribution < 1.29 is 9.18 Å². The monoisotopic (exact) mass is 452 g/mol. The van der Waals surface area contributed by atoms with Crippen LogP contribution in [0.1, 0.15) is 55.3 Å². The first kappa shape index (κ1) is 21.0. The second-order valence-electron chi connectivity index (χ2n) is 10.6. The lowest BCUT2D eigenvalue weighted by atomic mass is 9.49. The van der Waals surface area contributed by atoms with Crippen LogP contribution in [0.3, 0.4) is 0 Å². The molecule has 4 bridgehead atoms. The molecule has 0 radical (unpaired) electrons. The molecular formula is C24H31Cl2FN2O. The Hall–Kier alpha value is -0.840. The van der Waals surface area contributed by atoms with Crippen LogP contribution in [0, 0.1) is 29.1 Å². The maximum absolute atomic E-state index is 15.0. The van der Waals surface area contributed by atoms with Crippen LogP contribution in [-0.2, 0) is 0 Å². The molecule has 5 aliphatic rings. The number of carbonyl (C=O) groups is 1. The molecule has 4 aliphatic carbocycles. The predicted molar refractivity (Wildman–Crippen MR) is 119 cm³/mol. The number of likely N-dealkylation sites (tertiary alicyclic amines) is 1. The number of benzene rings is 1. The van der Waals surface area contributed by atoms with E-state index in [0.29, 0.717) is 34.1 Å². The average molecular weight is 453 g/mol. The maximum Gasteiger partial charge on any atom is 0.251 e. The summed E-state index contributed by atoms with van der Waals surface area (Å²) in [5.41, 5.74) is 0.878. The first-order valence-corrected chi connectivity index (χ1v) is 12.2. The van der Waals surface area contributed by atoms with Gasteiger partial charge in [0.25, 0.3) is 5.91 Å². The molecule has 1 amide bonds. The molecule has 0 spiro atoms. The summed E-state index contributed by atoms with van der Waals surface area (Å²) in [5, 5.41) is 3.73. The van der Waals surface area contributed by atoms with E-state index < -0.39 is 6.17 Å². The predicted octanol–water partition coefficient (Wildman–Crippen LogP) is 5.60. The number of amides is 1. The van der Waals surface area contributed by atoms with Gasteiger partial charge in [0.2, 0.25) is 0 Å². The van der Waals surface area contributed by atoms with Crippen molar-refractivity contribution in [2.75, 3.05) is 26.2 Å². The zero-order valence-corrected chi connectivity index (χ0v) is 18.9. The van der Waals surface area contributed by atoms with Gasteiger partial charge in [-0.05, 0) is 92.9 Å². The Morgan fingerprint density at radius 2 is 1.67 bits per heavy atom. The Kier molecular flexibility index (Phi) is 5.79. The molecule has 1 saturated heterocycles. The molecule has 1 aromatic carbocycles. The van der Waals surface area contributed by atoms with Crippen LogP contribution in [0.4, 0.5) is 4.39 Å². The van der Waals surface area contributed by atoms with Crippen molar-refractivity contribution in [1.82, 2.24) is 10.2 Å². The smallest absolute Gasteiger partial charge is 0.251 e. The lowest BCUT2D eigenvalue weighted by molar-refractivity contribution is -0.0769. The molecule has 2 atom stereocenters. The van der Waals surface area contributed by atoms with Gasteiger partial charge in [-0.2, -0.15) is 0 Å². The number of hydrogen-bond donors (Lipinski definition) is 1. The number of piperidine rings is 1. The van der Waals surface area contributed by atoms with Crippen LogP contribution in [-0.4, -0.2) is 43.2 Å². The summed E-state index contributed by atoms with van der Waals surface area (Å²) in [6.45, 7) is 2.88. The Bertz CT molecular complexity index is 761. The number of nitrogens with zero attached hydrogens (tertiary/aromatic N) is 1. The van der Waals surface area contributed by atoms with Gasteiger partial charge in [-0.3, -0.25) is 9.69 Å². The minimum Gasteiger partial charge on any atom is -0.352 e. The minimum atomic E-state index is -0.893. The van der Waals surface area contributed by atoms with Crippen molar-refractivity contribution in [3.05, 3.63) is 33.8 Å². The van der Waals surface area contributed by atoms with Gasteiger partial charge < -0.3 is 5.32 Å². The Balaban J connectivity index is 1.13. The number of alkyl halides is 1. The summed E-state index contributed by atoms with van der Waals surface area (Å²) in [4.78, 5) is 14.8. The lowest BCUT2D eigenvalue weighted by Gasteiger charge is -2.58. The molecule has 1 N–H and O–H groups in total. The van der Waals surface area contributed by atoms with Gasteiger partial charge in [-0.15, -0.1) is 0 Å². The number of rotatable bonds is 5. The summed E-state index contributed by atoms with van der Waals surface area (Å²) in [5.74, 6) is 2.43. The zero-order chi connectivity index (χ0) is 20.9. The maximum atomic E-state index is 15.0. The third-order valence-corrected chi connectivity index (χ3v) is 8.57. The SMILES string of the molecule is O=C(NCC1CCN(CC23CC4CC(CC(C4)C2)C3)CC1F)c1cc(Cl)cc(Cl)c1. The lowest BCUT2D eigenvalue weighted by Crippen LogP contribution is -2.54. The second kappa shape index (κ2) is 8.26. The molecule has 0 aromatic heterocycles. The fourth-order valence-corrected chi connectivity index (χ4v) is 7.88. The fraction of sp³-hybridized carbons (Fsp3) is 0.708. The van der Waals surface area contributed by atoms with Crippen LogP contribution in [0.2, 0.25) is 10.0 Å². The van der Waals surface area contributed by atoms with Gasteiger partial charge in [0.15, 0.2) is 0 Å². The van der Waals surface area contributed by atoms with E-state index in [1.807, 2.05) is 0 Å². The van der Waals surface area contributed by atoms with Crippen molar-refractivity contribution in [2.24, 2.45) is 29.1 Å². The summed E-state index contributed by atoms with van der Waals surface area (Å²) in [6.07, 6.45) is 8.36. The highest BCUT2D eigenvalue weighted by Gasteiger charge is 2.51. The van der Waals surface area contributed by atoms with E-state index >= 15 is 4.39 Å². The summed E-state index contributed by atoms with van der Waals surface area (Å²) in [6, 6.07) is 4.77. The third-order valence-electron chi connectivity index (χ3n) is 8.13. The standard InChI is InChI=1S/C24H31Cl2FN2O/c25-20-6-19(7-21(26)8-20)23(30)28-12-18-1-2-29(13-22(18)27)14-24-9-15-3-16(10-24)5-17(4-15)11-24/h6-8,15-18,22H,1-5,9-14H2,(H,28,30). The molecule has 3 nitrogen and oxygen atoms in total. The Labute approximate surface area is 188 Å². The molecular weight excluding hydrogens is 422 g/mol. The van der Waals surface area contributed by atoms with Crippen molar-refractivity contribution in [3.63, 3.8) is 0 Å². The Morgan fingerprint density at radius 1 is 1.07 bits per heavy atom. The summed E-state index contributed by atoms with van der Waals surface area (Å²) < 4.78 is 15.0. The van der Waals surface area contributed by atoms with E-state index in [2.05, 4.69) is 10.2 Å². The van der Waals surface area contributed by atoms with E-state index in [1.54, 1.807) is 18.2 Å². The molecule has 5 fully saturated rings. The molecule has 2 unspecified atom stereocenters. The van der Waals surface area contributed by atoms with Gasteiger partial charge in [0, 0.05) is 41.2 Å². The van der Waals surface area contributed by atoms with Crippen LogP contribution in [0.25, 0.3) is 0 Å². The molecule has 1 aromatic rings. The second-order valence-corrected chi connectivity index (χ2v) is 11.5. The summed E-state index contributed by atoms with van der Waals surface area (Å²) >= 11 is 12.0. The zero-order valence-electron chi connectivity index (χ0n) is 17.4. The highest BCUT2D eigenvalue weighted by molar-refractivity contribution is 6.35. The van der Waals surface area contributed by atoms with Crippen molar-refractivity contribution in [1.29, 1.82) is 0 Å². The highest BCUT2D eigenvalue weighted by atomic mass is 35.5. The molecule has 1 aliphatic heterocycles. The van der Waals surface area contributed by atoms with E-state index in [0.717, 1.165) is 37.3 Å². The normalized spacial score (nSPS) is 38.0. The van der Waals surface area contributed by atoms with Gasteiger partial charge in [0.05, 0.1) is 0 Å². The number of halogens is 3. The molecule has 1 heterocycles. The fourth-order valence-electron chi connectivity index (χ4n) is 7.36. The van der Waals surface area contributed by atoms with Crippen molar-refractivity contribution >= 4 is 29.1 Å². The van der Waals surface area contributed by atoms with Crippen molar-refractivity contribution in [2.45, 2.75) is 51.1 Å². The molecule has 30 heavy (non-hydrogen) atoms. The van der Waals surface area contributed by atoms with E-state index in [1.165, 1.54) is 38.5 Å². The highest BCUT2D eigenvalue weighted by Crippen LogP contribution is 2.60. The largest absolute Gasteiger partial charge is 0.352 e. The minimum absolute atomic E-state index is 0.129. The van der Waals surface area contributed by atoms with Gasteiger partial charge in [-0.25, -0.2) is 4.39 Å². The number of nitrogens with one attached hydrogen (secondary N) is 1. The molecule has 6 rings (SSSR count). The number of carbonyl (C=O) groups excluding carboxylic acids is 1. The van der Waals surface area contributed by atoms with Gasteiger partial charge in [-0.1, -0.05) is 23.2 Å². The topological polar surface area (TPSA) is 32.3 Å². The molecule has 4 saturated carbocycles. The summed E-state index contributed by atoms with van der Waals surface area (Å²) in [7, 11) is 0. The quantitative estimate of drug-likeness (QED) is 0.630. The van der Waals surface area contributed by atoms with Crippen LogP contribution < -0.4 is 5.32 Å². The van der Waals surface area contributed by atoms with Crippen LogP contribution in [0.5, 0.6) is 0 Å². The third kappa shape index (κ3) is 4.38. The van der Waals surface area contributed by atoms with E-state index in [9.17, 15) is 4.79 Å². The van der Waals surface area contributed by atoms with Crippen LogP contribution in [0.15, 0.2) is 18.2 Å². The molecule has 164 valence electrons.